The van der Waals surface area contributed by atoms with Crippen molar-refractivity contribution in [3.05, 3.63) is 59.9 Å². The number of ether oxygens (including phenoxy) is 1. The topological polar surface area (TPSA) is 127 Å². The van der Waals surface area contributed by atoms with Crippen LogP contribution >= 0.6 is 0 Å². The lowest BCUT2D eigenvalue weighted by Gasteiger charge is -2.41. The molecule has 0 radical (unpaired) electrons. The average Bonchev–Trinajstić information content (AvgIpc) is 3.03. The number of aliphatic carboxylic acids is 2. The van der Waals surface area contributed by atoms with Gasteiger partial charge in [-0.25, -0.2) is 9.59 Å². The van der Waals surface area contributed by atoms with E-state index in [9.17, 15) is 26.3 Å². The lowest BCUT2D eigenvalue weighted by molar-refractivity contribution is -0.193. The third-order valence-corrected chi connectivity index (χ3v) is 6.01. The second kappa shape index (κ2) is 13.9. The summed E-state index contributed by atoms with van der Waals surface area (Å²) in [5.41, 5.74) is 3.54. The van der Waals surface area contributed by atoms with Gasteiger partial charge in [-0.05, 0) is 30.5 Å². The van der Waals surface area contributed by atoms with Crippen molar-refractivity contribution in [3.8, 4) is 6.07 Å². The van der Waals surface area contributed by atoms with Gasteiger partial charge in [0, 0.05) is 49.8 Å². The Hall–Kier alpha value is -3.90. The number of benzene rings is 1. The molecule has 1 aromatic carbocycles. The van der Waals surface area contributed by atoms with Gasteiger partial charge in [-0.3, -0.25) is 9.88 Å². The van der Waals surface area contributed by atoms with Crippen LogP contribution in [0.25, 0.3) is 0 Å². The molecule has 0 unspecified atom stereocenters. The van der Waals surface area contributed by atoms with Crippen molar-refractivity contribution in [1.82, 2.24) is 9.88 Å². The first-order chi connectivity index (χ1) is 18.7. The van der Waals surface area contributed by atoms with Crippen molar-refractivity contribution >= 4 is 17.6 Å². The van der Waals surface area contributed by atoms with Crippen LogP contribution in [0.4, 0.5) is 32.0 Å². The molecule has 0 bridgehead atoms. The van der Waals surface area contributed by atoms with Gasteiger partial charge < -0.3 is 19.8 Å². The molecule has 1 spiro atoms. The first-order valence-corrected chi connectivity index (χ1v) is 11.8. The van der Waals surface area contributed by atoms with Gasteiger partial charge in [0.25, 0.3) is 0 Å². The fourth-order valence-corrected chi connectivity index (χ4v) is 4.15. The molecule has 4 rings (SSSR count). The number of hydrogen-bond acceptors (Lipinski definition) is 7. The molecule has 15 heteroatoms. The van der Waals surface area contributed by atoms with Crippen LogP contribution in [0.15, 0.2) is 48.8 Å². The summed E-state index contributed by atoms with van der Waals surface area (Å²) in [6.07, 6.45) is -4.55. The van der Waals surface area contributed by atoms with Crippen LogP contribution in [0.5, 0.6) is 0 Å². The van der Waals surface area contributed by atoms with E-state index < -0.39 is 24.3 Å². The molecule has 0 saturated carbocycles. The maximum Gasteiger partial charge on any atom is 0.490 e. The van der Waals surface area contributed by atoms with E-state index >= 15 is 0 Å². The molecule has 218 valence electrons. The van der Waals surface area contributed by atoms with Crippen molar-refractivity contribution < 1.29 is 50.9 Å². The monoisotopic (exact) mass is 576 g/mol. The van der Waals surface area contributed by atoms with E-state index in [-0.39, 0.29) is 5.60 Å². The van der Waals surface area contributed by atoms with Crippen LogP contribution in [0.1, 0.15) is 24.0 Å². The molecule has 2 N–H and O–H groups in total. The first kappa shape index (κ1) is 32.3. The molecule has 9 nitrogen and oxygen atoms in total. The Morgan fingerprint density at radius 1 is 0.975 bits per heavy atom. The highest BCUT2D eigenvalue weighted by molar-refractivity contribution is 5.73. The molecule has 0 amide bonds. The summed E-state index contributed by atoms with van der Waals surface area (Å²) in [5, 5.41) is 23.2. The molecule has 2 aliphatic rings. The zero-order valence-corrected chi connectivity index (χ0v) is 21.0. The van der Waals surface area contributed by atoms with Gasteiger partial charge in [-0.15, -0.1) is 0 Å². The van der Waals surface area contributed by atoms with Gasteiger partial charge in [0.05, 0.1) is 24.8 Å². The van der Waals surface area contributed by atoms with Crippen molar-refractivity contribution in [2.45, 2.75) is 37.3 Å². The molecule has 3 heterocycles. The fourth-order valence-electron chi connectivity index (χ4n) is 4.15. The number of piperidine rings is 1. The second-order valence-corrected chi connectivity index (χ2v) is 8.68. The molecular formula is C25H26F6N4O5. The van der Waals surface area contributed by atoms with Gasteiger partial charge in [0.2, 0.25) is 0 Å². The van der Waals surface area contributed by atoms with Crippen LogP contribution in [0, 0.1) is 11.3 Å². The number of alkyl halides is 6. The number of halogens is 6. The van der Waals surface area contributed by atoms with E-state index in [0.29, 0.717) is 13.2 Å². The van der Waals surface area contributed by atoms with Crippen LogP contribution in [-0.4, -0.2) is 77.2 Å². The summed E-state index contributed by atoms with van der Waals surface area (Å²) in [5.74, 6) is -5.51. The van der Waals surface area contributed by atoms with Crippen LogP contribution in [0.3, 0.4) is 0 Å². The summed E-state index contributed by atoms with van der Waals surface area (Å²) in [4.78, 5) is 26.7. The number of nitrogens with zero attached hydrogens (tertiary/aromatic N) is 4. The largest absolute Gasteiger partial charge is 0.490 e. The lowest BCUT2D eigenvalue weighted by atomic mass is 9.83. The third-order valence-electron chi connectivity index (χ3n) is 6.01. The van der Waals surface area contributed by atoms with E-state index in [1.165, 1.54) is 16.8 Å². The van der Waals surface area contributed by atoms with Gasteiger partial charge in [0.15, 0.2) is 0 Å². The highest BCUT2D eigenvalue weighted by Gasteiger charge is 2.41. The maximum atomic E-state index is 10.6. The Morgan fingerprint density at radius 3 is 2.05 bits per heavy atom. The Morgan fingerprint density at radius 2 is 1.55 bits per heavy atom. The predicted molar refractivity (Wildman–Crippen MR) is 128 cm³/mol. The number of hydrogen-bond donors (Lipinski definition) is 2. The van der Waals surface area contributed by atoms with E-state index in [0.717, 1.165) is 39.0 Å². The number of carboxylic acids is 2. The van der Waals surface area contributed by atoms with Crippen LogP contribution in [0.2, 0.25) is 0 Å². The SMILES string of the molecule is N#CCN1CCC2(CC1)OCCN(Cc1cccnc1)c1ccccc12.O=C(O)C(F)(F)F.O=C(O)C(F)(F)F. The highest BCUT2D eigenvalue weighted by Crippen LogP contribution is 2.43. The van der Waals surface area contributed by atoms with Gasteiger partial charge in [0.1, 0.15) is 0 Å². The normalized spacial score (nSPS) is 16.7. The minimum absolute atomic E-state index is 0.230. The molecule has 2 aliphatic heterocycles. The minimum atomic E-state index is -5.08. The molecular weight excluding hydrogens is 550 g/mol. The van der Waals surface area contributed by atoms with Crippen molar-refractivity contribution in [2.24, 2.45) is 0 Å². The number of likely N-dealkylation sites (tertiary alicyclic amines) is 1. The number of nitriles is 1. The second-order valence-electron chi connectivity index (χ2n) is 8.68. The van der Waals surface area contributed by atoms with Gasteiger partial charge in [-0.2, -0.15) is 31.6 Å². The summed E-state index contributed by atoms with van der Waals surface area (Å²) in [6.45, 7) is 4.74. The molecule has 1 aromatic heterocycles. The molecule has 0 atom stereocenters. The third kappa shape index (κ3) is 9.38. The molecule has 1 fully saturated rings. The minimum Gasteiger partial charge on any atom is -0.475 e. The van der Waals surface area contributed by atoms with E-state index in [1.807, 2.05) is 18.5 Å². The number of carbonyl (C=O) groups is 2. The average molecular weight is 576 g/mol. The fraction of sp³-hybridized carbons (Fsp3) is 0.440. The summed E-state index contributed by atoms with van der Waals surface area (Å²) in [6, 6.07) is 15.0. The quantitative estimate of drug-likeness (QED) is 0.408. The van der Waals surface area contributed by atoms with Crippen molar-refractivity contribution in [1.29, 1.82) is 5.26 Å². The highest BCUT2D eigenvalue weighted by atomic mass is 19.4. The lowest BCUT2D eigenvalue weighted by Crippen LogP contribution is -2.44. The Kier molecular flexibility index (Phi) is 11.3. The summed E-state index contributed by atoms with van der Waals surface area (Å²) < 4.78 is 70.0. The predicted octanol–water partition coefficient (Wildman–Crippen LogP) is 4.20. The van der Waals surface area contributed by atoms with E-state index in [2.05, 4.69) is 51.2 Å². The van der Waals surface area contributed by atoms with Crippen LogP contribution < -0.4 is 4.90 Å². The molecule has 2 aromatic rings. The van der Waals surface area contributed by atoms with E-state index in [4.69, 9.17) is 29.8 Å². The number of anilines is 1. The zero-order valence-electron chi connectivity index (χ0n) is 21.0. The molecule has 1 saturated heterocycles. The smallest absolute Gasteiger partial charge is 0.475 e. The maximum absolute atomic E-state index is 10.6. The van der Waals surface area contributed by atoms with Crippen molar-refractivity contribution in [2.75, 3.05) is 37.7 Å². The van der Waals surface area contributed by atoms with Gasteiger partial charge in [-0.1, -0.05) is 24.3 Å². The summed E-state index contributed by atoms with van der Waals surface area (Å²) >= 11 is 0. The Balaban J connectivity index is 0.000000333. The Bertz CT molecular complexity index is 1140. The molecule has 40 heavy (non-hydrogen) atoms. The standard InChI is InChI=1S/C21H24N4O.2C2HF3O2/c22-9-13-24-11-7-21(8-12-24)19-5-1-2-6-20(19)25(14-15-26-21)17-18-4-3-10-23-16-18;2*3-2(4,5)1(6)7/h1-6,10,16H,7-8,11-15,17H2;2*(H,6,7). The zero-order chi connectivity index (χ0) is 30.0. The number of para-hydroxylation sites is 1. The van der Waals surface area contributed by atoms with E-state index in [1.54, 1.807) is 0 Å². The Labute approximate surface area is 225 Å². The number of rotatable bonds is 3. The molecule has 0 aliphatic carbocycles. The number of fused-ring (bicyclic) bond motifs is 2. The number of aromatic nitrogens is 1. The van der Waals surface area contributed by atoms with Crippen molar-refractivity contribution in [3.63, 3.8) is 0 Å². The van der Waals surface area contributed by atoms with Crippen LogP contribution in [-0.2, 0) is 26.5 Å². The number of pyridine rings is 1. The van der Waals surface area contributed by atoms with Gasteiger partial charge >= 0.3 is 24.3 Å². The first-order valence-electron chi connectivity index (χ1n) is 11.8. The number of carboxylic acid groups (broad SMARTS) is 2. The summed E-state index contributed by atoms with van der Waals surface area (Å²) in [7, 11) is 0.